The lowest BCUT2D eigenvalue weighted by molar-refractivity contribution is -0.0253. The van der Waals surface area contributed by atoms with E-state index in [1.807, 2.05) is 25.7 Å². The predicted molar refractivity (Wildman–Crippen MR) is 109 cm³/mol. The zero-order valence-corrected chi connectivity index (χ0v) is 17.4. The molecule has 2 aromatic heterocycles. The maximum absolute atomic E-state index is 14.7. The van der Waals surface area contributed by atoms with Crippen molar-refractivity contribution >= 4 is 17.1 Å². The lowest BCUT2D eigenvalue weighted by Gasteiger charge is -2.44. The Labute approximate surface area is 173 Å². The summed E-state index contributed by atoms with van der Waals surface area (Å²) < 4.78 is 16.1. The summed E-state index contributed by atoms with van der Waals surface area (Å²) in [6.07, 6.45) is 1.40. The van der Waals surface area contributed by atoms with Crippen LogP contribution in [0.15, 0.2) is 23.1 Å². The van der Waals surface area contributed by atoms with Crippen molar-refractivity contribution in [2.75, 3.05) is 19.6 Å². The van der Waals surface area contributed by atoms with Gasteiger partial charge in [0.1, 0.15) is 11.4 Å². The Morgan fingerprint density at radius 2 is 2.00 bits per heavy atom. The van der Waals surface area contributed by atoms with Crippen LogP contribution in [-0.4, -0.2) is 66.9 Å². The highest BCUT2D eigenvalue weighted by atomic mass is 19.1. The largest absolute Gasteiger partial charge is 0.465 e. The van der Waals surface area contributed by atoms with Gasteiger partial charge in [0.2, 0.25) is 0 Å². The second-order valence-corrected chi connectivity index (χ2v) is 9.34. The summed E-state index contributed by atoms with van der Waals surface area (Å²) in [7, 11) is 0. The first-order valence-electron chi connectivity index (χ1n) is 10.2. The molecule has 0 saturated carbocycles. The molecule has 1 atom stereocenters. The number of nitrogens with zero attached hydrogens (tertiary/aromatic N) is 4. The quantitative estimate of drug-likeness (QED) is 0.791. The second-order valence-electron chi connectivity index (χ2n) is 9.34. The average molecular weight is 418 g/mol. The zero-order valence-electron chi connectivity index (χ0n) is 17.4. The Bertz CT molecular complexity index is 1060. The molecule has 0 bridgehead atoms. The maximum Gasteiger partial charge on any atom is 0.407 e. The minimum Gasteiger partial charge on any atom is -0.465 e. The molecule has 1 fully saturated rings. The van der Waals surface area contributed by atoms with Crippen LogP contribution in [0.1, 0.15) is 39.2 Å². The number of pyridine rings is 2. The first-order chi connectivity index (χ1) is 14.0. The van der Waals surface area contributed by atoms with E-state index in [0.717, 1.165) is 6.20 Å². The van der Waals surface area contributed by atoms with E-state index in [1.165, 1.54) is 15.5 Å². The van der Waals surface area contributed by atoms with E-state index < -0.39 is 23.1 Å². The van der Waals surface area contributed by atoms with Gasteiger partial charge in [-0.3, -0.25) is 14.7 Å². The first-order valence-corrected chi connectivity index (χ1v) is 10.2. The number of carbonyl (C=O) groups is 1. The fourth-order valence-corrected chi connectivity index (χ4v) is 5.00. The topological polar surface area (TPSA) is 98.9 Å². The number of aromatic nitrogens is 2. The number of halogens is 1. The van der Waals surface area contributed by atoms with Crippen molar-refractivity contribution in [2.24, 2.45) is 0 Å². The van der Waals surface area contributed by atoms with Gasteiger partial charge in [-0.25, -0.2) is 9.18 Å². The summed E-state index contributed by atoms with van der Waals surface area (Å²) >= 11 is 0. The van der Waals surface area contributed by atoms with Crippen molar-refractivity contribution in [1.29, 1.82) is 0 Å². The van der Waals surface area contributed by atoms with E-state index in [0.29, 0.717) is 37.0 Å². The van der Waals surface area contributed by atoms with Crippen LogP contribution in [0, 0.1) is 5.82 Å². The van der Waals surface area contributed by atoms with E-state index in [-0.39, 0.29) is 30.3 Å². The van der Waals surface area contributed by atoms with Gasteiger partial charge in [0.25, 0.3) is 5.56 Å². The Morgan fingerprint density at radius 1 is 1.33 bits per heavy atom. The van der Waals surface area contributed by atoms with E-state index in [4.69, 9.17) is 0 Å². The van der Waals surface area contributed by atoms with E-state index in [9.17, 15) is 24.2 Å². The van der Waals surface area contributed by atoms with Crippen molar-refractivity contribution in [1.82, 2.24) is 19.4 Å². The molecule has 2 aliphatic rings. The molecule has 1 amide bonds. The molecular weight excluding hydrogens is 391 g/mol. The number of β-amino-alcohol motifs (C(OH)–C–C–N with tert-alkyl or cyclic N) is 1. The summed E-state index contributed by atoms with van der Waals surface area (Å²) in [5.41, 5.74) is -1.39. The molecule has 1 saturated heterocycles. The molecular formula is C21H27FN4O4. The zero-order chi connectivity index (χ0) is 21.8. The van der Waals surface area contributed by atoms with Gasteiger partial charge in [-0.2, -0.15) is 0 Å². The lowest BCUT2D eigenvalue weighted by atomic mass is 9.92. The Kier molecular flexibility index (Phi) is 4.85. The van der Waals surface area contributed by atoms with E-state index >= 15 is 0 Å². The highest BCUT2D eigenvalue weighted by Crippen LogP contribution is 2.38. The van der Waals surface area contributed by atoms with Crippen molar-refractivity contribution in [3.63, 3.8) is 0 Å². The summed E-state index contributed by atoms with van der Waals surface area (Å²) in [6, 6.07) is 2.81. The van der Waals surface area contributed by atoms with Crippen LogP contribution in [-0.2, 0) is 12.1 Å². The maximum atomic E-state index is 14.7. The monoisotopic (exact) mass is 418 g/mol. The molecule has 162 valence electrons. The van der Waals surface area contributed by atoms with Crippen LogP contribution < -0.4 is 5.56 Å². The van der Waals surface area contributed by atoms with Crippen LogP contribution in [0.3, 0.4) is 0 Å². The third-order valence-electron chi connectivity index (χ3n) is 6.18. The smallest absolute Gasteiger partial charge is 0.407 e. The summed E-state index contributed by atoms with van der Waals surface area (Å²) in [4.78, 5) is 31.6. The normalized spacial score (nSPS) is 22.6. The number of hydrogen-bond donors (Lipinski definition) is 2. The van der Waals surface area contributed by atoms with Gasteiger partial charge >= 0.3 is 6.09 Å². The summed E-state index contributed by atoms with van der Waals surface area (Å²) in [5, 5.41) is 21.0. The number of amides is 1. The number of piperidine rings is 1. The fraction of sp³-hybridized carbons (Fsp3) is 0.571. The van der Waals surface area contributed by atoms with Gasteiger partial charge in [-0.05, 0) is 39.7 Å². The molecule has 2 aromatic rings. The van der Waals surface area contributed by atoms with Gasteiger partial charge in [0, 0.05) is 37.3 Å². The Hall–Kier alpha value is -2.52. The molecule has 4 heterocycles. The number of aliphatic hydroxyl groups is 1. The molecule has 0 aliphatic carbocycles. The number of likely N-dealkylation sites (tertiary alicyclic amines) is 1. The van der Waals surface area contributed by atoms with Crippen LogP contribution in [0.4, 0.5) is 9.18 Å². The summed E-state index contributed by atoms with van der Waals surface area (Å²) in [6.45, 7) is 6.93. The minimum absolute atomic E-state index is 0.0235. The second kappa shape index (κ2) is 7.02. The molecule has 9 heteroatoms. The first kappa shape index (κ1) is 20.7. The Morgan fingerprint density at radius 3 is 2.60 bits per heavy atom. The number of rotatable bonds is 3. The standard InChI is InChI=1S/C21H27FN4O4/c1-20(2,3)26(19(28)29)13-6-8-24(9-7-13)11-21(30)12-25-16(27)5-4-15-18(25)17(21)14(22)10-23-15/h4-5,10,13,30H,6-9,11-12H2,1-3H3,(H,28,29)/t21-/m0/s1. The molecule has 2 N–H and O–H groups in total. The lowest BCUT2D eigenvalue weighted by Crippen LogP contribution is -2.55. The van der Waals surface area contributed by atoms with Gasteiger partial charge in [0.15, 0.2) is 0 Å². The van der Waals surface area contributed by atoms with E-state index in [2.05, 4.69) is 4.98 Å². The average Bonchev–Trinajstić information content (AvgIpc) is 2.95. The van der Waals surface area contributed by atoms with Crippen LogP contribution in [0.25, 0.3) is 11.0 Å². The molecule has 0 aromatic carbocycles. The highest BCUT2D eigenvalue weighted by Gasteiger charge is 2.44. The fourth-order valence-electron chi connectivity index (χ4n) is 5.00. The predicted octanol–water partition coefficient (Wildman–Crippen LogP) is 1.98. The van der Waals surface area contributed by atoms with Crippen molar-refractivity contribution < 1.29 is 19.4 Å². The molecule has 4 rings (SSSR count). The molecule has 0 radical (unpaired) electrons. The van der Waals surface area contributed by atoms with Gasteiger partial charge < -0.3 is 19.7 Å². The molecule has 0 spiro atoms. The third-order valence-corrected chi connectivity index (χ3v) is 6.18. The molecule has 8 nitrogen and oxygen atoms in total. The third kappa shape index (κ3) is 3.35. The van der Waals surface area contributed by atoms with Crippen LogP contribution in [0.5, 0.6) is 0 Å². The Balaban J connectivity index is 1.55. The molecule has 30 heavy (non-hydrogen) atoms. The van der Waals surface area contributed by atoms with Crippen LogP contribution >= 0.6 is 0 Å². The number of hydrogen-bond acceptors (Lipinski definition) is 5. The molecule has 2 aliphatic heterocycles. The van der Waals surface area contributed by atoms with Crippen LogP contribution in [0.2, 0.25) is 0 Å². The molecule has 0 unspecified atom stereocenters. The summed E-state index contributed by atoms with van der Waals surface area (Å²) in [5.74, 6) is -0.624. The van der Waals surface area contributed by atoms with E-state index in [1.54, 1.807) is 6.07 Å². The number of carboxylic acid groups (broad SMARTS) is 1. The van der Waals surface area contributed by atoms with Crippen molar-refractivity contribution in [3.05, 3.63) is 40.1 Å². The van der Waals surface area contributed by atoms with Gasteiger partial charge in [-0.1, -0.05) is 0 Å². The van der Waals surface area contributed by atoms with Gasteiger partial charge in [0.05, 0.1) is 29.3 Å². The SMILES string of the molecule is CC(C)(C)N(C(=O)O)C1CCN(C[C@]2(O)Cn3c(=O)ccc4ncc(F)c2c43)CC1. The van der Waals surface area contributed by atoms with Crippen molar-refractivity contribution in [3.8, 4) is 0 Å². The minimum atomic E-state index is -1.54. The van der Waals surface area contributed by atoms with Gasteiger partial charge in [-0.15, -0.1) is 0 Å². The van der Waals surface area contributed by atoms with Crippen molar-refractivity contribution in [2.45, 2.75) is 57.3 Å². The highest BCUT2D eigenvalue weighted by molar-refractivity contribution is 5.81.